The van der Waals surface area contributed by atoms with Gasteiger partial charge in [-0.3, -0.25) is 9.59 Å². The summed E-state index contributed by atoms with van der Waals surface area (Å²) >= 11 is 4.52. The zero-order valence-electron chi connectivity index (χ0n) is 15.2. The number of para-hydroxylation sites is 1. The smallest absolute Gasteiger partial charge is 0.266 e. The minimum absolute atomic E-state index is 0.0206. The van der Waals surface area contributed by atoms with Gasteiger partial charge in [-0.15, -0.1) is 34.4 Å². The number of likely N-dealkylation sites (N-methyl/N-ethyl adjacent to an activating group) is 1. The van der Waals surface area contributed by atoms with E-state index in [-0.39, 0.29) is 18.4 Å². The van der Waals surface area contributed by atoms with E-state index in [2.05, 4.69) is 10.3 Å². The molecule has 0 aliphatic heterocycles. The average Bonchev–Trinajstić information content (AvgIpc) is 3.31. The van der Waals surface area contributed by atoms with E-state index >= 15 is 0 Å². The van der Waals surface area contributed by atoms with Crippen LogP contribution in [-0.2, 0) is 4.79 Å². The maximum absolute atomic E-state index is 12.8. The number of carbonyl (C=O) groups excluding carboxylic acids is 2. The molecule has 140 valence electrons. The number of hydrogen-bond donors (Lipinski definition) is 1. The second-order valence-corrected chi connectivity index (χ2v) is 8.62. The first-order valence-corrected chi connectivity index (χ1v) is 11.1. The molecule has 0 saturated heterocycles. The van der Waals surface area contributed by atoms with Crippen LogP contribution in [0.25, 0.3) is 9.88 Å². The lowest BCUT2D eigenvalue weighted by Crippen LogP contribution is -2.34. The molecule has 27 heavy (non-hydrogen) atoms. The Bertz CT molecular complexity index is 951. The van der Waals surface area contributed by atoms with Crippen molar-refractivity contribution in [2.75, 3.05) is 25.2 Å². The summed E-state index contributed by atoms with van der Waals surface area (Å²) in [6, 6.07) is 11.5. The van der Waals surface area contributed by atoms with E-state index in [0.717, 1.165) is 20.5 Å². The minimum Gasteiger partial charge on any atom is -0.332 e. The van der Waals surface area contributed by atoms with Crippen LogP contribution >= 0.6 is 34.4 Å². The number of amides is 2. The van der Waals surface area contributed by atoms with Gasteiger partial charge in [0.25, 0.3) is 5.91 Å². The quantitative estimate of drug-likeness (QED) is 0.595. The van der Waals surface area contributed by atoms with Crippen molar-refractivity contribution in [1.29, 1.82) is 0 Å². The van der Waals surface area contributed by atoms with E-state index in [0.29, 0.717) is 10.6 Å². The van der Waals surface area contributed by atoms with Crippen LogP contribution in [0.4, 0.5) is 5.69 Å². The summed E-state index contributed by atoms with van der Waals surface area (Å²) < 4.78 is 0. The van der Waals surface area contributed by atoms with Crippen molar-refractivity contribution >= 4 is 51.9 Å². The van der Waals surface area contributed by atoms with E-state index in [4.69, 9.17) is 0 Å². The van der Waals surface area contributed by atoms with Crippen LogP contribution in [0, 0.1) is 6.92 Å². The van der Waals surface area contributed by atoms with Crippen molar-refractivity contribution in [2.45, 2.75) is 11.8 Å². The van der Waals surface area contributed by atoms with Crippen molar-refractivity contribution in [2.24, 2.45) is 0 Å². The van der Waals surface area contributed by atoms with Gasteiger partial charge in [-0.05, 0) is 36.8 Å². The Kier molecular flexibility index (Phi) is 6.30. The van der Waals surface area contributed by atoms with Crippen molar-refractivity contribution in [3.63, 3.8) is 0 Å². The average molecular weight is 418 g/mol. The highest BCUT2D eigenvalue weighted by Crippen LogP contribution is 2.31. The zero-order valence-corrected chi connectivity index (χ0v) is 17.6. The van der Waals surface area contributed by atoms with Crippen LogP contribution in [-0.4, -0.2) is 41.5 Å². The van der Waals surface area contributed by atoms with E-state index in [1.165, 1.54) is 16.2 Å². The molecule has 1 N–H and O–H groups in total. The van der Waals surface area contributed by atoms with Crippen LogP contribution in [0.1, 0.15) is 15.4 Å². The first-order valence-electron chi connectivity index (χ1n) is 8.19. The molecule has 0 aliphatic rings. The fourth-order valence-corrected chi connectivity index (χ4v) is 4.91. The predicted octanol–water partition coefficient (Wildman–Crippen LogP) is 4.61. The topological polar surface area (TPSA) is 62.3 Å². The van der Waals surface area contributed by atoms with E-state index in [1.54, 1.807) is 30.1 Å². The summed E-state index contributed by atoms with van der Waals surface area (Å²) in [5.74, 6) is -0.422. The molecule has 2 aromatic heterocycles. The Morgan fingerprint density at radius 1 is 1.22 bits per heavy atom. The number of hydrogen-bond acceptors (Lipinski definition) is 6. The summed E-state index contributed by atoms with van der Waals surface area (Å²) in [6.45, 7) is 1.80. The summed E-state index contributed by atoms with van der Waals surface area (Å²) in [5, 5.41) is 5.69. The molecule has 1 aromatic carbocycles. The molecule has 2 amide bonds. The fourth-order valence-electron chi connectivity index (χ4n) is 2.50. The lowest BCUT2D eigenvalue weighted by Gasteiger charge is -2.17. The summed E-state index contributed by atoms with van der Waals surface area (Å²) in [7, 11) is 1.63. The van der Waals surface area contributed by atoms with Gasteiger partial charge in [-0.1, -0.05) is 18.2 Å². The summed E-state index contributed by atoms with van der Waals surface area (Å²) in [5.41, 5.74) is 1.44. The highest BCUT2D eigenvalue weighted by atomic mass is 32.2. The lowest BCUT2D eigenvalue weighted by atomic mass is 10.3. The van der Waals surface area contributed by atoms with Crippen LogP contribution in [0.2, 0.25) is 0 Å². The van der Waals surface area contributed by atoms with Crippen molar-refractivity contribution in [3.8, 4) is 9.88 Å². The standard InChI is InChI=1S/C19H19N3O2S3/c1-12-17(27-18(20-12)15-9-6-10-26-15)19(24)22(2)11-16(23)21-13-7-4-5-8-14(13)25-3/h4-10H,11H2,1-3H3,(H,21,23). The fraction of sp³-hybridized carbons (Fsp3) is 0.211. The number of thioether (sulfide) groups is 1. The number of thiazole rings is 1. The van der Waals surface area contributed by atoms with Gasteiger partial charge in [0.1, 0.15) is 9.88 Å². The Morgan fingerprint density at radius 3 is 2.70 bits per heavy atom. The Labute approximate surface area is 170 Å². The minimum atomic E-state index is -0.229. The molecule has 0 unspecified atom stereocenters. The number of thiophene rings is 1. The summed E-state index contributed by atoms with van der Waals surface area (Å²) in [4.78, 5) is 33.7. The highest BCUT2D eigenvalue weighted by Gasteiger charge is 2.21. The zero-order chi connectivity index (χ0) is 19.4. The Balaban J connectivity index is 1.68. The number of aryl methyl sites for hydroxylation is 1. The van der Waals surface area contributed by atoms with E-state index < -0.39 is 0 Å². The molecule has 3 aromatic rings. The lowest BCUT2D eigenvalue weighted by molar-refractivity contribution is -0.116. The van der Waals surface area contributed by atoms with Gasteiger partial charge in [0.05, 0.1) is 22.8 Å². The SMILES string of the molecule is CSc1ccccc1NC(=O)CN(C)C(=O)c1sc(-c2cccs2)nc1C. The van der Waals surface area contributed by atoms with Gasteiger partial charge in [0, 0.05) is 11.9 Å². The number of nitrogens with one attached hydrogen (secondary N) is 1. The molecular weight excluding hydrogens is 398 g/mol. The first-order chi connectivity index (χ1) is 13.0. The van der Waals surface area contributed by atoms with Crippen LogP contribution < -0.4 is 5.32 Å². The third-order valence-electron chi connectivity index (χ3n) is 3.83. The van der Waals surface area contributed by atoms with Gasteiger partial charge < -0.3 is 10.2 Å². The van der Waals surface area contributed by atoms with Crippen LogP contribution in [0.3, 0.4) is 0 Å². The molecule has 0 atom stereocenters. The monoisotopic (exact) mass is 417 g/mol. The normalized spacial score (nSPS) is 10.6. The molecule has 3 rings (SSSR count). The molecule has 8 heteroatoms. The third kappa shape index (κ3) is 4.58. The van der Waals surface area contributed by atoms with Gasteiger partial charge >= 0.3 is 0 Å². The van der Waals surface area contributed by atoms with Gasteiger partial charge in [-0.2, -0.15) is 0 Å². The van der Waals surface area contributed by atoms with Crippen LogP contribution in [0.15, 0.2) is 46.7 Å². The molecule has 0 bridgehead atoms. The molecule has 0 saturated carbocycles. The summed E-state index contributed by atoms with van der Waals surface area (Å²) in [6.07, 6.45) is 1.96. The van der Waals surface area contributed by atoms with Crippen molar-refractivity contribution in [1.82, 2.24) is 9.88 Å². The van der Waals surface area contributed by atoms with Gasteiger partial charge in [-0.25, -0.2) is 4.98 Å². The predicted molar refractivity (Wildman–Crippen MR) is 114 cm³/mol. The van der Waals surface area contributed by atoms with Gasteiger partial charge in [0.2, 0.25) is 5.91 Å². The third-order valence-corrected chi connectivity index (χ3v) is 6.81. The maximum atomic E-state index is 12.8. The van der Waals surface area contributed by atoms with E-state index in [9.17, 15) is 9.59 Å². The first kappa shape index (κ1) is 19.6. The molecule has 5 nitrogen and oxygen atoms in total. The number of anilines is 1. The van der Waals surface area contributed by atoms with E-state index in [1.807, 2.05) is 55.0 Å². The Morgan fingerprint density at radius 2 is 2.00 bits per heavy atom. The number of nitrogens with zero attached hydrogens (tertiary/aromatic N) is 2. The molecular formula is C19H19N3O2S3. The van der Waals surface area contributed by atoms with Gasteiger partial charge in [0.15, 0.2) is 0 Å². The number of aromatic nitrogens is 1. The Hall–Kier alpha value is -2.16. The van der Waals surface area contributed by atoms with Crippen molar-refractivity contribution < 1.29 is 9.59 Å². The molecule has 2 heterocycles. The van der Waals surface area contributed by atoms with Crippen LogP contribution in [0.5, 0.6) is 0 Å². The molecule has 0 aliphatic carbocycles. The largest absolute Gasteiger partial charge is 0.332 e. The molecule has 0 radical (unpaired) electrons. The number of carbonyl (C=O) groups is 2. The maximum Gasteiger partial charge on any atom is 0.266 e. The second kappa shape index (κ2) is 8.69. The van der Waals surface area contributed by atoms with Crippen molar-refractivity contribution in [3.05, 3.63) is 52.3 Å². The molecule has 0 fully saturated rings. The number of benzene rings is 1. The molecule has 0 spiro atoms. The number of rotatable bonds is 6. The second-order valence-electron chi connectivity index (χ2n) is 5.82. The highest BCUT2D eigenvalue weighted by molar-refractivity contribution is 7.98.